The molecular formula is C5H8NaO3S. The molecule has 0 aromatic carbocycles. The van der Waals surface area contributed by atoms with Gasteiger partial charge in [-0.15, -0.1) is 6.58 Å². The minimum atomic E-state index is -3.49. The molecule has 0 fully saturated rings. The third-order valence-corrected chi connectivity index (χ3v) is 1.43. The Morgan fingerprint density at radius 3 is 2.20 bits per heavy atom. The van der Waals surface area contributed by atoms with Gasteiger partial charge in [0, 0.05) is 29.6 Å². The summed E-state index contributed by atoms with van der Waals surface area (Å²) in [5.41, 5.74) is 0. The maximum Gasteiger partial charge on any atom is 0.289 e. The average molecular weight is 171 g/mol. The molecule has 0 aromatic heterocycles. The first kappa shape index (κ1) is 13.0. The first-order chi connectivity index (χ1) is 4.12. The van der Waals surface area contributed by atoms with E-state index >= 15 is 0 Å². The Balaban J connectivity index is 0. The monoisotopic (exact) mass is 171 g/mol. The zero-order valence-corrected chi connectivity index (χ0v) is 8.73. The van der Waals surface area contributed by atoms with Crippen LogP contribution in [0.4, 0.5) is 0 Å². The van der Waals surface area contributed by atoms with Gasteiger partial charge in [-0.3, -0.25) is 4.18 Å². The molecule has 0 aliphatic heterocycles. The van der Waals surface area contributed by atoms with Crippen LogP contribution in [-0.2, 0) is 14.3 Å². The van der Waals surface area contributed by atoms with Crippen LogP contribution in [0.25, 0.3) is 0 Å². The molecule has 0 amide bonds. The Kier molecular flexibility index (Phi) is 7.97. The summed E-state index contributed by atoms with van der Waals surface area (Å²) >= 11 is 0. The first-order valence-electron chi connectivity index (χ1n) is 2.25. The van der Waals surface area contributed by atoms with E-state index in [1.165, 1.54) is 6.08 Å². The van der Waals surface area contributed by atoms with Crippen LogP contribution in [0.2, 0.25) is 0 Å². The van der Waals surface area contributed by atoms with Crippen molar-refractivity contribution in [2.24, 2.45) is 0 Å². The van der Waals surface area contributed by atoms with Crippen molar-refractivity contribution in [1.82, 2.24) is 0 Å². The maximum atomic E-state index is 10.4. The van der Waals surface area contributed by atoms with Gasteiger partial charge in [-0.1, -0.05) is 12.7 Å². The second-order valence-corrected chi connectivity index (χ2v) is 2.79. The van der Waals surface area contributed by atoms with Crippen LogP contribution < -0.4 is 0 Å². The summed E-state index contributed by atoms with van der Waals surface area (Å²) in [6, 6.07) is 0. The average Bonchev–Trinajstić information content (AvgIpc) is 1.84. The van der Waals surface area contributed by atoms with Gasteiger partial charge in [0.05, 0.1) is 12.0 Å². The van der Waals surface area contributed by atoms with Crippen LogP contribution in [0, 0.1) is 0 Å². The second-order valence-electron chi connectivity index (χ2n) is 1.23. The van der Waals surface area contributed by atoms with Gasteiger partial charge in [-0.25, -0.2) is 0 Å². The van der Waals surface area contributed by atoms with E-state index in [4.69, 9.17) is 0 Å². The van der Waals surface area contributed by atoms with E-state index < -0.39 is 10.1 Å². The molecule has 0 spiro atoms. The van der Waals surface area contributed by atoms with Gasteiger partial charge in [0.25, 0.3) is 10.1 Å². The van der Waals surface area contributed by atoms with Crippen LogP contribution >= 0.6 is 0 Å². The summed E-state index contributed by atoms with van der Waals surface area (Å²) in [4.78, 5) is 0. The van der Waals surface area contributed by atoms with E-state index in [1.807, 2.05) is 0 Å². The largest absolute Gasteiger partial charge is 0.289 e. The van der Waals surface area contributed by atoms with E-state index in [2.05, 4.69) is 17.3 Å². The van der Waals surface area contributed by atoms with Crippen molar-refractivity contribution in [3.8, 4) is 0 Å². The van der Waals surface area contributed by atoms with Gasteiger partial charge in [0.15, 0.2) is 0 Å². The SMILES string of the molecule is C=CCOS(=O)(=O)C=C.[Na]. The molecule has 0 aliphatic rings. The Hall–Kier alpha value is 0.390. The summed E-state index contributed by atoms with van der Waals surface area (Å²) in [5.74, 6) is 0. The van der Waals surface area contributed by atoms with Crippen LogP contribution in [0.3, 0.4) is 0 Å². The molecule has 10 heavy (non-hydrogen) atoms. The molecule has 0 bridgehead atoms. The standard InChI is InChI=1S/C5H8O3S.Na/c1-3-5-8-9(6,7)4-2;/h3-4H,1-2,5H2;. The Morgan fingerprint density at radius 1 is 1.40 bits per heavy atom. The van der Waals surface area contributed by atoms with Crippen LogP contribution in [0.1, 0.15) is 0 Å². The maximum absolute atomic E-state index is 10.4. The minimum absolute atomic E-state index is 0. The van der Waals surface area contributed by atoms with Gasteiger partial charge in [0.2, 0.25) is 0 Å². The zero-order valence-electron chi connectivity index (χ0n) is 5.91. The zero-order chi connectivity index (χ0) is 7.33. The van der Waals surface area contributed by atoms with Crippen molar-refractivity contribution >= 4 is 39.7 Å². The normalized spacial score (nSPS) is 9.60. The van der Waals surface area contributed by atoms with Crippen LogP contribution in [0.5, 0.6) is 0 Å². The summed E-state index contributed by atoms with van der Waals surface area (Å²) < 4.78 is 25.0. The van der Waals surface area contributed by atoms with Crippen molar-refractivity contribution in [3.05, 3.63) is 24.6 Å². The summed E-state index contributed by atoms with van der Waals surface area (Å²) in [7, 11) is -3.49. The molecular weight excluding hydrogens is 163 g/mol. The van der Waals surface area contributed by atoms with E-state index in [0.29, 0.717) is 0 Å². The van der Waals surface area contributed by atoms with Crippen LogP contribution in [0.15, 0.2) is 24.6 Å². The van der Waals surface area contributed by atoms with E-state index in [9.17, 15) is 8.42 Å². The van der Waals surface area contributed by atoms with E-state index in [1.54, 1.807) is 0 Å². The predicted octanol–water partition coefficient (Wildman–Crippen LogP) is 0.282. The van der Waals surface area contributed by atoms with E-state index in [-0.39, 0.29) is 36.2 Å². The number of hydrogen-bond donors (Lipinski definition) is 0. The number of hydrogen-bond acceptors (Lipinski definition) is 3. The predicted molar refractivity (Wildman–Crippen MR) is 41.0 cm³/mol. The molecule has 0 N–H and O–H groups in total. The van der Waals surface area contributed by atoms with Crippen molar-refractivity contribution in [2.75, 3.05) is 6.61 Å². The van der Waals surface area contributed by atoms with Crippen molar-refractivity contribution < 1.29 is 12.6 Å². The van der Waals surface area contributed by atoms with Gasteiger partial charge in [-0.05, 0) is 0 Å². The molecule has 3 nitrogen and oxygen atoms in total. The quantitative estimate of drug-likeness (QED) is 0.346. The summed E-state index contributed by atoms with van der Waals surface area (Å²) in [5, 5.41) is 0.747. The van der Waals surface area contributed by atoms with Crippen molar-refractivity contribution in [3.63, 3.8) is 0 Å². The molecule has 53 valence electrons. The minimum Gasteiger partial charge on any atom is -0.263 e. The molecule has 0 aliphatic carbocycles. The Bertz CT molecular complexity index is 195. The molecule has 5 heteroatoms. The molecule has 0 saturated heterocycles. The molecule has 0 aromatic rings. The second kappa shape index (κ2) is 6.12. The van der Waals surface area contributed by atoms with Gasteiger partial charge in [-0.2, -0.15) is 8.42 Å². The van der Waals surface area contributed by atoms with Gasteiger partial charge >= 0.3 is 0 Å². The third kappa shape index (κ3) is 6.51. The molecule has 0 rings (SSSR count). The van der Waals surface area contributed by atoms with E-state index in [0.717, 1.165) is 5.41 Å². The number of rotatable bonds is 4. The first-order valence-corrected chi connectivity index (χ1v) is 3.72. The topological polar surface area (TPSA) is 43.4 Å². The Labute approximate surface area is 83.2 Å². The van der Waals surface area contributed by atoms with Crippen molar-refractivity contribution in [1.29, 1.82) is 0 Å². The summed E-state index contributed by atoms with van der Waals surface area (Å²) in [6.07, 6.45) is 1.35. The Morgan fingerprint density at radius 2 is 1.90 bits per heavy atom. The fraction of sp³-hybridized carbons (Fsp3) is 0.200. The molecule has 0 atom stereocenters. The fourth-order valence-electron chi connectivity index (χ4n) is 0.191. The fourth-order valence-corrected chi connectivity index (χ4v) is 0.573. The smallest absolute Gasteiger partial charge is 0.263 e. The molecule has 0 unspecified atom stereocenters. The summed E-state index contributed by atoms with van der Waals surface area (Å²) in [6.45, 7) is 6.31. The molecule has 0 saturated carbocycles. The van der Waals surface area contributed by atoms with Gasteiger partial charge in [0.1, 0.15) is 0 Å². The molecule has 0 heterocycles. The molecule has 1 radical (unpaired) electrons. The van der Waals surface area contributed by atoms with Crippen molar-refractivity contribution in [2.45, 2.75) is 0 Å². The van der Waals surface area contributed by atoms with Crippen LogP contribution in [-0.4, -0.2) is 44.6 Å². The third-order valence-electron chi connectivity index (χ3n) is 0.554. The van der Waals surface area contributed by atoms with Gasteiger partial charge < -0.3 is 0 Å².